The van der Waals surface area contributed by atoms with E-state index in [0.717, 1.165) is 40.2 Å². The van der Waals surface area contributed by atoms with E-state index < -0.39 is 0 Å². The molecule has 1 aliphatic carbocycles. The number of nitrogens with zero attached hydrogens (tertiary/aromatic N) is 3. The Labute approximate surface area is 146 Å². The Morgan fingerprint density at radius 1 is 1.08 bits per heavy atom. The van der Waals surface area contributed by atoms with Gasteiger partial charge in [-0.2, -0.15) is 5.11 Å². The van der Waals surface area contributed by atoms with Crippen LogP contribution < -0.4 is 5.73 Å². The lowest BCUT2D eigenvalue weighted by molar-refractivity contribution is 0.805. The molecule has 0 unspecified atom stereocenters. The minimum absolute atomic E-state index is 0.0495. The molecule has 1 fully saturated rings. The van der Waals surface area contributed by atoms with E-state index in [-0.39, 0.29) is 5.84 Å². The Balaban J connectivity index is 1.72. The predicted octanol–water partition coefficient (Wildman–Crippen LogP) is 4.89. The molecule has 5 heteroatoms. The minimum Gasteiger partial charge on any atom is -0.384 e. The fraction of sp³-hybridized carbons (Fsp3) is 0.200. The van der Waals surface area contributed by atoms with E-state index in [1.807, 2.05) is 36.5 Å². The molecule has 0 radical (unpaired) electrons. The fourth-order valence-corrected chi connectivity index (χ4v) is 2.86. The van der Waals surface area contributed by atoms with E-state index in [0.29, 0.717) is 5.56 Å². The first-order valence-corrected chi connectivity index (χ1v) is 8.43. The van der Waals surface area contributed by atoms with Gasteiger partial charge in [0.2, 0.25) is 0 Å². The van der Waals surface area contributed by atoms with E-state index in [1.165, 1.54) is 12.8 Å². The highest BCUT2D eigenvalue weighted by Crippen LogP contribution is 2.37. The van der Waals surface area contributed by atoms with Crippen molar-refractivity contribution in [3.05, 3.63) is 66.0 Å². The van der Waals surface area contributed by atoms with Gasteiger partial charge in [-0.15, -0.1) is 5.11 Å². The summed E-state index contributed by atoms with van der Waals surface area (Å²) in [6.07, 6.45) is 5.44. The number of fused-ring (bicyclic) bond motifs is 1. The van der Waals surface area contributed by atoms with Crippen molar-refractivity contribution in [3.8, 4) is 0 Å². The lowest BCUT2D eigenvalue weighted by atomic mass is 10.1. The molecule has 3 N–H and O–H groups in total. The smallest absolute Gasteiger partial charge is 0.122 e. The van der Waals surface area contributed by atoms with E-state index in [2.05, 4.69) is 21.3 Å². The number of hydrogen-bond acceptors (Lipinski definition) is 4. The van der Waals surface area contributed by atoms with E-state index >= 15 is 0 Å². The average molecular weight is 329 g/mol. The molecule has 0 amide bonds. The molecule has 0 atom stereocenters. The number of aromatic nitrogens is 1. The summed E-state index contributed by atoms with van der Waals surface area (Å²) in [4.78, 5) is 4.64. The number of rotatable bonds is 5. The summed E-state index contributed by atoms with van der Waals surface area (Å²) in [5.74, 6) is 0.783. The topological polar surface area (TPSA) is 87.5 Å². The molecule has 0 spiro atoms. The van der Waals surface area contributed by atoms with Crippen molar-refractivity contribution in [2.75, 3.05) is 0 Å². The highest BCUT2D eigenvalue weighted by Gasteiger charge is 2.24. The van der Waals surface area contributed by atoms with Crippen LogP contribution in [0.1, 0.15) is 24.1 Å². The van der Waals surface area contributed by atoms with Crippen LogP contribution in [-0.2, 0) is 6.42 Å². The van der Waals surface area contributed by atoms with Crippen LogP contribution in [0.15, 0.2) is 65.0 Å². The van der Waals surface area contributed by atoms with Crippen LogP contribution in [-0.4, -0.2) is 10.8 Å². The molecule has 1 saturated carbocycles. The van der Waals surface area contributed by atoms with Crippen LogP contribution in [0.3, 0.4) is 0 Å². The Morgan fingerprint density at radius 2 is 1.84 bits per heavy atom. The molecule has 4 rings (SSSR count). The van der Waals surface area contributed by atoms with Crippen LogP contribution in [0, 0.1) is 11.3 Å². The van der Waals surface area contributed by atoms with Gasteiger partial charge >= 0.3 is 0 Å². The molecule has 5 nitrogen and oxygen atoms in total. The standard InChI is InChI=1S/C20H19N5/c21-20(22)14-7-9-16(10-8-14)24-25-19-17-4-2-1-3-15(17)12-23-18(19)11-13-5-6-13/h1-4,7-10,12-13H,5-6,11H2,(H3,21,22). The molecular weight excluding hydrogens is 310 g/mol. The molecule has 124 valence electrons. The fourth-order valence-electron chi connectivity index (χ4n) is 2.86. The second kappa shape index (κ2) is 6.43. The zero-order chi connectivity index (χ0) is 17.2. The summed E-state index contributed by atoms with van der Waals surface area (Å²) >= 11 is 0. The largest absolute Gasteiger partial charge is 0.384 e. The number of nitrogens with two attached hydrogens (primary N) is 1. The van der Waals surface area contributed by atoms with Crippen molar-refractivity contribution in [3.63, 3.8) is 0 Å². The van der Waals surface area contributed by atoms with Crippen LogP contribution in [0.4, 0.5) is 11.4 Å². The average Bonchev–Trinajstić information content (AvgIpc) is 3.45. The number of azo groups is 1. The molecular formula is C20H19N5. The second-order valence-corrected chi connectivity index (χ2v) is 6.45. The van der Waals surface area contributed by atoms with Gasteiger partial charge < -0.3 is 5.73 Å². The lowest BCUT2D eigenvalue weighted by Gasteiger charge is -2.07. The van der Waals surface area contributed by atoms with Gasteiger partial charge in [-0.1, -0.05) is 24.3 Å². The van der Waals surface area contributed by atoms with Crippen molar-refractivity contribution < 1.29 is 0 Å². The third kappa shape index (κ3) is 3.40. The van der Waals surface area contributed by atoms with Gasteiger partial charge in [0.15, 0.2) is 0 Å². The minimum atomic E-state index is 0.0495. The predicted molar refractivity (Wildman–Crippen MR) is 99.8 cm³/mol. The summed E-state index contributed by atoms with van der Waals surface area (Å²) < 4.78 is 0. The van der Waals surface area contributed by atoms with Crippen molar-refractivity contribution in [1.82, 2.24) is 4.98 Å². The van der Waals surface area contributed by atoms with Gasteiger partial charge in [-0.05, 0) is 49.4 Å². The molecule has 1 aromatic heterocycles. The summed E-state index contributed by atoms with van der Waals surface area (Å²) in [5.41, 5.74) is 8.78. The van der Waals surface area contributed by atoms with Crippen molar-refractivity contribution in [2.24, 2.45) is 21.9 Å². The summed E-state index contributed by atoms with van der Waals surface area (Å²) in [5, 5.41) is 18.5. The molecule has 2 aromatic carbocycles. The number of nitrogen functional groups attached to an aromatic ring is 1. The highest BCUT2D eigenvalue weighted by atomic mass is 15.1. The molecule has 25 heavy (non-hydrogen) atoms. The first kappa shape index (κ1) is 15.4. The van der Waals surface area contributed by atoms with E-state index in [1.54, 1.807) is 12.1 Å². The monoisotopic (exact) mass is 329 g/mol. The number of benzene rings is 2. The first-order valence-electron chi connectivity index (χ1n) is 8.43. The van der Waals surface area contributed by atoms with Crippen LogP contribution in [0.25, 0.3) is 10.8 Å². The SMILES string of the molecule is N=C(N)c1ccc(N=Nc2c(CC3CC3)ncc3ccccc23)cc1. The maximum absolute atomic E-state index is 7.45. The zero-order valence-corrected chi connectivity index (χ0v) is 13.8. The molecule has 1 heterocycles. The first-order chi connectivity index (χ1) is 12.2. The Bertz CT molecular complexity index is 955. The second-order valence-electron chi connectivity index (χ2n) is 6.45. The maximum atomic E-state index is 7.45. The van der Waals surface area contributed by atoms with Crippen molar-refractivity contribution in [1.29, 1.82) is 5.41 Å². The number of pyridine rings is 1. The van der Waals surface area contributed by atoms with Crippen LogP contribution in [0.2, 0.25) is 0 Å². The summed E-state index contributed by atoms with van der Waals surface area (Å²) in [7, 11) is 0. The van der Waals surface area contributed by atoms with Gasteiger partial charge in [0.25, 0.3) is 0 Å². The Morgan fingerprint density at radius 3 is 2.56 bits per heavy atom. The van der Waals surface area contributed by atoms with Crippen LogP contribution >= 0.6 is 0 Å². The maximum Gasteiger partial charge on any atom is 0.122 e. The van der Waals surface area contributed by atoms with Gasteiger partial charge in [0.1, 0.15) is 11.5 Å². The summed E-state index contributed by atoms with van der Waals surface area (Å²) in [6.45, 7) is 0. The number of nitrogens with one attached hydrogen (secondary N) is 1. The number of hydrogen-bond donors (Lipinski definition) is 2. The van der Waals surface area contributed by atoms with Gasteiger partial charge in [-0.25, -0.2) is 0 Å². The molecule has 0 aliphatic heterocycles. The van der Waals surface area contributed by atoms with Gasteiger partial charge in [0.05, 0.1) is 11.4 Å². The van der Waals surface area contributed by atoms with Gasteiger partial charge in [0, 0.05) is 22.5 Å². The van der Waals surface area contributed by atoms with Crippen molar-refractivity contribution in [2.45, 2.75) is 19.3 Å². The Hall–Kier alpha value is -3.08. The van der Waals surface area contributed by atoms with Crippen LogP contribution in [0.5, 0.6) is 0 Å². The Kier molecular flexibility index (Phi) is 3.98. The van der Waals surface area contributed by atoms with E-state index in [4.69, 9.17) is 11.1 Å². The normalized spacial score (nSPS) is 14.2. The third-order valence-electron chi connectivity index (χ3n) is 4.47. The zero-order valence-electron chi connectivity index (χ0n) is 13.8. The van der Waals surface area contributed by atoms with Crippen molar-refractivity contribution >= 4 is 28.0 Å². The molecule has 0 saturated heterocycles. The number of amidine groups is 1. The third-order valence-corrected chi connectivity index (χ3v) is 4.47. The lowest BCUT2D eigenvalue weighted by Crippen LogP contribution is -2.10. The van der Waals surface area contributed by atoms with Gasteiger partial charge in [-0.3, -0.25) is 10.4 Å². The molecule has 1 aliphatic rings. The van der Waals surface area contributed by atoms with E-state index in [9.17, 15) is 0 Å². The highest BCUT2D eigenvalue weighted by molar-refractivity contribution is 5.95. The molecule has 0 bridgehead atoms. The molecule has 3 aromatic rings. The quantitative estimate of drug-likeness (QED) is 0.397. The summed E-state index contributed by atoms with van der Waals surface area (Å²) in [6, 6.07) is 15.3.